The SMILES string of the molecule is C[Si](C)(c1[c-]c(N2CN(c3ccccc3)c3ccccc32)ccc1)c1[c-]c2c(cc1)c1ccccc1n2-c1cc(-c2c(-c3ccccc3)cccc2-c2ccccc2)ccn1.[Pt+2]. The van der Waals surface area contributed by atoms with Gasteiger partial charge in [-0.25, -0.2) is 4.98 Å². The molecule has 0 atom stereocenters. The van der Waals surface area contributed by atoms with Gasteiger partial charge in [0.15, 0.2) is 0 Å². The van der Waals surface area contributed by atoms with Gasteiger partial charge in [0.05, 0.1) is 26.1 Å². The minimum absolute atomic E-state index is 0. The predicted octanol–water partition coefficient (Wildman–Crippen LogP) is 12.8. The van der Waals surface area contributed by atoms with Gasteiger partial charge in [0.2, 0.25) is 0 Å². The fourth-order valence-corrected chi connectivity index (χ4v) is 11.3. The first-order chi connectivity index (χ1) is 30.0. The summed E-state index contributed by atoms with van der Waals surface area (Å²) in [6.45, 7) is 5.57. The molecule has 0 aliphatic carbocycles. The summed E-state index contributed by atoms with van der Waals surface area (Å²) < 4.78 is 2.31. The summed E-state index contributed by atoms with van der Waals surface area (Å²) in [4.78, 5) is 9.87. The van der Waals surface area contributed by atoms with Crippen LogP contribution in [-0.2, 0) is 21.1 Å². The van der Waals surface area contributed by atoms with E-state index in [9.17, 15) is 0 Å². The van der Waals surface area contributed by atoms with Gasteiger partial charge < -0.3 is 14.4 Å². The van der Waals surface area contributed by atoms with E-state index in [1.807, 2.05) is 6.20 Å². The van der Waals surface area contributed by atoms with Crippen molar-refractivity contribution in [3.8, 4) is 39.2 Å². The Morgan fingerprint density at radius 3 is 1.81 bits per heavy atom. The molecule has 11 rings (SSSR count). The van der Waals surface area contributed by atoms with E-state index in [0.29, 0.717) is 0 Å². The van der Waals surface area contributed by atoms with E-state index in [-0.39, 0.29) is 21.1 Å². The van der Waals surface area contributed by atoms with Gasteiger partial charge in [-0.2, -0.15) is 46.8 Å². The van der Waals surface area contributed by atoms with Gasteiger partial charge in [0.25, 0.3) is 0 Å². The third-order valence-corrected chi connectivity index (χ3v) is 15.6. The van der Waals surface area contributed by atoms with E-state index in [1.165, 1.54) is 66.0 Å². The van der Waals surface area contributed by atoms with Gasteiger partial charge >= 0.3 is 21.1 Å². The first-order valence-corrected chi connectivity index (χ1v) is 23.9. The number of anilines is 4. The molecule has 3 heterocycles. The molecule has 1 aliphatic heterocycles. The molecule has 0 saturated heterocycles. The Labute approximate surface area is 378 Å². The molecule has 2 aromatic heterocycles. The molecule has 0 spiro atoms. The number of aromatic nitrogens is 2. The van der Waals surface area contributed by atoms with Crippen molar-refractivity contribution in [2.24, 2.45) is 0 Å². The van der Waals surface area contributed by atoms with Crippen LogP contribution >= 0.6 is 0 Å². The van der Waals surface area contributed by atoms with E-state index < -0.39 is 8.07 Å². The Hall–Kier alpha value is -6.78. The van der Waals surface area contributed by atoms with Crippen molar-refractivity contribution < 1.29 is 21.1 Å². The Morgan fingerprint density at radius 2 is 1.10 bits per heavy atom. The third kappa shape index (κ3) is 6.79. The molecule has 6 heteroatoms. The molecule has 0 radical (unpaired) electrons. The molecular weight excluding hydrogens is 952 g/mol. The van der Waals surface area contributed by atoms with E-state index >= 15 is 0 Å². The second-order valence-corrected chi connectivity index (χ2v) is 20.6. The number of nitrogens with zero attached hydrogens (tertiary/aromatic N) is 4. The Morgan fingerprint density at radius 1 is 0.500 bits per heavy atom. The number of pyridine rings is 1. The summed E-state index contributed by atoms with van der Waals surface area (Å²) in [6, 6.07) is 79.7. The van der Waals surface area contributed by atoms with Gasteiger partial charge in [-0.1, -0.05) is 152 Å². The average molecular weight is 994 g/mol. The number of benzene rings is 8. The molecule has 0 unspecified atom stereocenters. The molecule has 0 bridgehead atoms. The summed E-state index contributed by atoms with van der Waals surface area (Å²) in [5, 5.41) is 4.82. The van der Waals surface area contributed by atoms with Crippen LogP contribution in [0.4, 0.5) is 22.7 Å². The first-order valence-electron chi connectivity index (χ1n) is 20.9. The number of hydrogen-bond acceptors (Lipinski definition) is 3. The van der Waals surface area contributed by atoms with Crippen molar-refractivity contribution in [3.63, 3.8) is 0 Å². The van der Waals surface area contributed by atoms with Crippen LogP contribution in [0.15, 0.2) is 206 Å². The van der Waals surface area contributed by atoms with Gasteiger partial charge in [-0.3, -0.25) is 0 Å². The van der Waals surface area contributed by atoms with E-state index in [0.717, 1.165) is 34.8 Å². The zero-order valence-corrected chi connectivity index (χ0v) is 37.7. The molecule has 0 fully saturated rings. The molecular formula is C56H42N4PtSi. The van der Waals surface area contributed by atoms with E-state index in [1.54, 1.807) is 0 Å². The number of hydrogen-bond donors (Lipinski definition) is 0. The van der Waals surface area contributed by atoms with Crippen LogP contribution in [0.25, 0.3) is 61.0 Å². The smallest absolute Gasteiger partial charge is 0.345 e. The van der Waals surface area contributed by atoms with Crippen molar-refractivity contribution in [3.05, 3.63) is 219 Å². The fraction of sp³-hybridized carbons (Fsp3) is 0.0536. The van der Waals surface area contributed by atoms with E-state index in [4.69, 9.17) is 4.98 Å². The molecule has 0 amide bonds. The van der Waals surface area contributed by atoms with Crippen molar-refractivity contribution in [2.45, 2.75) is 13.1 Å². The fourth-order valence-electron chi connectivity index (χ4n) is 9.14. The summed E-state index contributed by atoms with van der Waals surface area (Å²) in [5.74, 6) is 0.864. The van der Waals surface area contributed by atoms with Crippen LogP contribution in [0, 0.1) is 12.1 Å². The second-order valence-electron chi connectivity index (χ2n) is 16.2. The van der Waals surface area contributed by atoms with Gasteiger partial charge in [-0.05, 0) is 81.2 Å². The molecule has 10 aromatic rings. The standard InChI is InChI=1S/C56H42N4Si.Pt/c1-61(2,45-25-16-24-44(37-45)59-39-58(43-22-10-5-11-23-43)52-30-14-15-31-53(52)59)46-32-33-50-49-26-12-13-29-51(49)60(54(50)38-46)55-36-42(34-35-57-55)56-47(40-18-6-3-7-19-40)27-17-28-48(56)41-20-8-4-9-21-41;/h3-36H,39H2,1-2H3;/q-2;+2. The molecule has 62 heavy (non-hydrogen) atoms. The van der Waals surface area contributed by atoms with Crippen molar-refractivity contribution >= 4 is 63.0 Å². The van der Waals surface area contributed by atoms with Crippen LogP contribution < -0.4 is 20.2 Å². The molecule has 0 saturated carbocycles. The van der Waals surface area contributed by atoms with Crippen LogP contribution in [0.2, 0.25) is 13.1 Å². The van der Waals surface area contributed by atoms with Crippen LogP contribution in [0.1, 0.15) is 0 Å². The Balaban J connectivity index is 0.00000458. The minimum Gasteiger partial charge on any atom is -0.345 e. The van der Waals surface area contributed by atoms with Crippen LogP contribution in [-0.4, -0.2) is 24.3 Å². The maximum Gasteiger partial charge on any atom is 2.00 e. The molecule has 4 nitrogen and oxygen atoms in total. The quantitative estimate of drug-likeness (QED) is 0.112. The number of para-hydroxylation sites is 4. The van der Waals surface area contributed by atoms with E-state index in [2.05, 4.69) is 240 Å². The maximum atomic E-state index is 5.10. The summed E-state index contributed by atoms with van der Waals surface area (Å²) in [6.07, 6.45) is 1.96. The topological polar surface area (TPSA) is 24.3 Å². The van der Waals surface area contributed by atoms with Gasteiger partial charge in [-0.15, -0.1) is 11.5 Å². The third-order valence-electron chi connectivity index (χ3n) is 12.3. The normalized spacial score (nSPS) is 12.4. The summed E-state index contributed by atoms with van der Waals surface area (Å²) >= 11 is 0. The molecule has 8 aromatic carbocycles. The second kappa shape index (κ2) is 16.2. The predicted molar refractivity (Wildman–Crippen MR) is 258 cm³/mol. The van der Waals surface area contributed by atoms with Crippen LogP contribution in [0.5, 0.6) is 0 Å². The van der Waals surface area contributed by atoms with Crippen molar-refractivity contribution in [2.75, 3.05) is 16.5 Å². The van der Waals surface area contributed by atoms with Gasteiger partial charge in [0.1, 0.15) is 5.82 Å². The monoisotopic (exact) mass is 993 g/mol. The Kier molecular flexibility index (Phi) is 10.3. The Bertz CT molecular complexity index is 3160. The zero-order valence-electron chi connectivity index (χ0n) is 34.4. The minimum atomic E-state index is -2.34. The average Bonchev–Trinajstić information content (AvgIpc) is 3.88. The number of rotatable bonds is 8. The molecule has 1 aliphatic rings. The molecule has 0 N–H and O–H groups in total. The van der Waals surface area contributed by atoms with Crippen molar-refractivity contribution in [1.82, 2.24) is 9.55 Å². The zero-order chi connectivity index (χ0) is 40.9. The van der Waals surface area contributed by atoms with Gasteiger partial charge in [0, 0.05) is 17.4 Å². The summed E-state index contributed by atoms with van der Waals surface area (Å²) in [7, 11) is -2.34. The maximum absolute atomic E-state index is 5.10. The number of fused-ring (bicyclic) bond motifs is 4. The summed E-state index contributed by atoms with van der Waals surface area (Å²) in [5.41, 5.74) is 13.8. The molecule has 300 valence electrons. The first kappa shape index (κ1) is 39.4. The van der Waals surface area contributed by atoms with Crippen molar-refractivity contribution in [1.29, 1.82) is 0 Å². The van der Waals surface area contributed by atoms with Crippen LogP contribution in [0.3, 0.4) is 0 Å². The largest absolute Gasteiger partial charge is 2.00 e.